The van der Waals surface area contributed by atoms with Gasteiger partial charge in [0.05, 0.1) is 36.9 Å². The first-order valence-electron chi connectivity index (χ1n) is 15.9. The molecule has 2 unspecified atom stereocenters. The van der Waals surface area contributed by atoms with Crippen LogP contribution < -0.4 is 0 Å². The Labute approximate surface area is 262 Å². The molecule has 0 radical (unpaired) electrons. The number of aliphatic hydroxyl groups is 3. The van der Waals surface area contributed by atoms with Crippen LogP contribution in [-0.2, 0) is 28.6 Å². The summed E-state index contributed by atoms with van der Waals surface area (Å²) >= 11 is 0. The molecule has 4 bridgehead atoms. The number of Topliss-reactive ketones (excluding diaryl/α,β-unsaturated/α-hetero) is 2. The molecule has 0 spiro atoms. The zero-order valence-electron chi connectivity index (χ0n) is 27.1. The van der Waals surface area contributed by atoms with Gasteiger partial charge in [-0.2, -0.15) is 0 Å². The van der Waals surface area contributed by atoms with Gasteiger partial charge in [0.2, 0.25) is 0 Å². The molecular formula is C35H52O9. The maximum absolute atomic E-state index is 13.1. The number of carbonyl (C=O) groups is 3. The van der Waals surface area contributed by atoms with Gasteiger partial charge in [-0.3, -0.25) is 14.4 Å². The Bertz CT molecular complexity index is 1130. The highest BCUT2D eigenvalue weighted by atomic mass is 16.6. The van der Waals surface area contributed by atoms with Crippen molar-refractivity contribution in [3.8, 4) is 0 Å². The van der Waals surface area contributed by atoms with Crippen LogP contribution in [-0.4, -0.2) is 81.7 Å². The zero-order valence-corrected chi connectivity index (χ0v) is 27.1. The van der Waals surface area contributed by atoms with Crippen molar-refractivity contribution < 1.29 is 43.9 Å². The van der Waals surface area contributed by atoms with E-state index in [1.807, 2.05) is 32.9 Å². The molecule has 44 heavy (non-hydrogen) atoms. The van der Waals surface area contributed by atoms with E-state index in [2.05, 4.69) is 6.58 Å². The fourth-order valence-electron chi connectivity index (χ4n) is 6.10. The first-order chi connectivity index (χ1) is 20.7. The Morgan fingerprint density at radius 3 is 2.32 bits per heavy atom. The largest absolute Gasteiger partial charge is 0.455 e. The van der Waals surface area contributed by atoms with Gasteiger partial charge in [0, 0.05) is 31.1 Å². The van der Waals surface area contributed by atoms with Gasteiger partial charge in [-0.05, 0) is 57.6 Å². The van der Waals surface area contributed by atoms with Gasteiger partial charge in [-0.25, -0.2) is 0 Å². The minimum atomic E-state index is -1.33. The molecule has 2 saturated heterocycles. The number of aliphatic hydroxyl groups excluding tert-OH is 3. The van der Waals surface area contributed by atoms with Crippen molar-refractivity contribution in [1.82, 2.24) is 0 Å². The standard InChI is InChI=1S/C35H52O9/c1-19(2)9-8-10-29-30-12-11-26(42-30)16-25(36)14-21(4)27(37)17-28(38)24(7)20(3)13-23(6)34(40)35(41)32-15-22(5)31(43-32)18-33(39)44-29/h8-10,13,21-22,24,26,28-32,34-35,38,40-41H,6,11-12,14-18H2,1-5,7H3/b10-8+,20-13+/t21-,22+,24?,26+,28-,29?,30+,31-,32+,34+,35-/m0/s1. The third-order valence-corrected chi connectivity index (χ3v) is 9.20. The molecule has 0 saturated carbocycles. The number of cyclic esters (lactones) is 1. The molecule has 2 fully saturated rings. The van der Waals surface area contributed by atoms with Crippen LogP contribution >= 0.6 is 0 Å². The number of fused-ring (bicyclic) bond motifs is 4. The fourth-order valence-corrected chi connectivity index (χ4v) is 6.10. The number of allylic oxidation sites excluding steroid dienone is 3. The molecule has 3 heterocycles. The van der Waals surface area contributed by atoms with E-state index in [1.165, 1.54) is 0 Å². The van der Waals surface area contributed by atoms with E-state index in [4.69, 9.17) is 14.2 Å². The lowest BCUT2D eigenvalue weighted by atomic mass is 9.87. The predicted molar refractivity (Wildman–Crippen MR) is 167 cm³/mol. The van der Waals surface area contributed by atoms with E-state index in [0.29, 0.717) is 24.8 Å². The molecule has 3 N–H and O–H groups in total. The second-order valence-corrected chi connectivity index (χ2v) is 13.4. The van der Waals surface area contributed by atoms with Crippen molar-refractivity contribution in [2.75, 3.05) is 0 Å². The lowest BCUT2D eigenvalue weighted by Gasteiger charge is -2.26. The van der Waals surface area contributed by atoms with Crippen molar-refractivity contribution in [2.24, 2.45) is 17.8 Å². The maximum atomic E-state index is 13.1. The molecule has 0 amide bonds. The van der Waals surface area contributed by atoms with Crippen molar-refractivity contribution in [1.29, 1.82) is 0 Å². The topological polar surface area (TPSA) is 140 Å². The van der Waals surface area contributed by atoms with Crippen LogP contribution in [0.3, 0.4) is 0 Å². The van der Waals surface area contributed by atoms with E-state index >= 15 is 0 Å². The monoisotopic (exact) mass is 616 g/mol. The highest BCUT2D eigenvalue weighted by Gasteiger charge is 2.41. The fraction of sp³-hybridized carbons (Fsp3) is 0.686. The number of rotatable bonds is 2. The van der Waals surface area contributed by atoms with Gasteiger partial charge < -0.3 is 29.5 Å². The lowest BCUT2D eigenvalue weighted by Crippen LogP contribution is -2.38. The molecule has 0 aromatic rings. The summed E-state index contributed by atoms with van der Waals surface area (Å²) in [7, 11) is 0. The normalized spacial score (nSPS) is 40.0. The average molecular weight is 617 g/mol. The highest BCUT2D eigenvalue weighted by Crippen LogP contribution is 2.34. The summed E-state index contributed by atoms with van der Waals surface area (Å²) in [6.45, 7) is 15.0. The summed E-state index contributed by atoms with van der Waals surface area (Å²) in [5, 5.41) is 32.7. The van der Waals surface area contributed by atoms with Crippen molar-refractivity contribution in [2.45, 2.75) is 135 Å². The van der Waals surface area contributed by atoms with Crippen LogP contribution in [0.25, 0.3) is 0 Å². The SMILES string of the molecule is C=C1/C=C(\C)C(C)[C@@H](O)CC(=O)[C@@H](C)CC(=O)C[C@H]2CC[C@@H](O2)C(/C=C/C=C(C)C)OC(=O)C[C@@H]2O[C@H](C[C@H]2C)[C@H](O)[C@@H]1O. The molecule has 9 nitrogen and oxygen atoms in total. The molecule has 3 aliphatic rings. The highest BCUT2D eigenvalue weighted by molar-refractivity contribution is 5.88. The first kappa shape index (κ1) is 36.0. The quantitative estimate of drug-likeness (QED) is 0.306. The maximum Gasteiger partial charge on any atom is 0.309 e. The molecule has 9 heteroatoms. The summed E-state index contributed by atoms with van der Waals surface area (Å²) in [6.07, 6.45) is 2.65. The van der Waals surface area contributed by atoms with Crippen LogP contribution in [0.1, 0.15) is 86.5 Å². The number of ketones is 2. The van der Waals surface area contributed by atoms with Gasteiger partial charge in [0.25, 0.3) is 0 Å². The minimum absolute atomic E-state index is 0.0244. The predicted octanol–water partition coefficient (Wildman–Crippen LogP) is 4.33. The Kier molecular flexibility index (Phi) is 13.3. The average Bonchev–Trinajstić information content (AvgIpc) is 3.56. The number of hydrogen-bond acceptors (Lipinski definition) is 9. The molecule has 0 aromatic heterocycles. The van der Waals surface area contributed by atoms with Gasteiger partial charge >= 0.3 is 5.97 Å². The summed E-state index contributed by atoms with van der Waals surface area (Å²) in [6, 6.07) is 0. The third-order valence-electron chi connectivity index (χ3n) is 9.20. The summed E-state index contributed by atoms with van der Waals surface area (Å²) < 4.78 is 18.2. The van der Waals surface area contributed by atoms with Gasteiger partial charge in [0.1, 0.15) is 29.9 Å². The van der Waals surface area contributed by atoms with Crippen molar-refractivity contribution in [3.05, 3.63) is 47.6 Å². The lowest BCUT2D eigenvalue weighted by molar-refractivity contribution is -0.158. The second-order valence-electron chi connectivity index (χ2n) is 13.4. The number of esters is 1. The van der Waals surface area contributed by atoms with E-state index in [0.717, 1.165) is 5.57 Å². The van der Waals surface area contributed by atoms with Gasteiger partial charge in [0.15, 0.2) is 0 Å². The van der Waals surface area contributed by atoms with E-state index in [-0.39, 0.29) is 54.8 Å². The van der Waals surface area contributed by atoms with E-state index in [1.54, 1.807) is 32.9 Å². The Balaban J connectivity index is 1.85. The van der Waals surface area contributed by atoms with Crippen molar-refractivity contribution >= 4 is 17.5 Å². The molecule has 246 valence electrons. The van der Waals surface area contributed by atoms with Crippen LogP contribution in [0, 0.1) is 17.8 Å². The van der Waals surface area contributed by atoms with Crippen LogP contribution in [0.5, 0.6) is 0 Å². The molecular weight excluding hydrogens is 564 g/mol. The summed E-state index contributed by atoms with van der Waals surface area (Å²) in [4.78, 5) is 39.0. The zero-order chi connectivity index (χ0) is 32.7. The van der Waals surface area contributed by atoms with Gasteiger partial charge in [-0.1, -0.05) is 56.7 Å². The number of ether oxygens (including phenoxy) is 3. The Morgan fingerprint density at radius 2 is 1.64 bits per heavy atom. The third kappa shape index (κ3) is 10.0. The minimum Gasteiger partial charge on any atom is -0.455 e. The second kappa shape index (κ2) is 16.2. The van der Waals surface area contributed by atoms with E-state index < -0.39 is 60.5 Å². The van der Waals surface area contributed by atoms with Crippen LogP contribution in [0.2, 0.25) is 0 Å². The Morgan fingerprint density at radius 1 is 0.932 bits per heavy atom. The van der Waals surface area contributed by atoms with Crippen LogP contribution in [0.4, 0.5) is 0 Å². The number of hydrogen-bond donors (Lipinski definition) is 3. The van der Waals surface area contributed by atoms with E-state index in [9.17, 15) is 29.7 Å². The molecule has 0 aliphatic carbocycles. The summed E-state index contributed by atoms with van der Waals surface area (Å²) in [5.41, 5.74) is 2.01. The molecule has 3 rings (SSSR count). The van der Waals surface area contributed by atoms with Crippen molar-refractivity contribution in [3.63, 3.8) is 0 Å². The first-order valence-corrected chi connectivity index (χ1v) is 15.9. The number of carbonyl (C=O) groups excluding carboxylic acids is 3. The molecule has 11 atom stereocenters. The molecule has 0 aromatic carbocycles. The smallest absolute Gasteiger partial charge is 0.309 e. The van der Waals surface area contributed by atoms with Gasteiger partial charge in [-0.15, -0.1) is 0 Å². The summed E-state index contributed by atoms with van der Waals surface area (Å²) in [5.74, 6) is -1.81. The van der Waals surface area contributed by atoms with Crippen LogP contribution in [0.15, 0.2) is 47.6 Å². The molecule has 3 aliphatic heterocycles. The Hall–Kier alpha value is -2.43.